The molecule has 0 aromatic heterocycles. The van der Waals surface area contributed by atoms with E-state index in [0.29, 0.717) is 0 Å². The van der Waals surface area contributed by atoms with Crippen LogP contribution in [0.15, 0.2) is 0 Å². The van der Waals surface area contributed by atoms with Crippen LogP contribution >= 0.6 is 0 Å². The summed E-state index contributed by atoms with van der Waals surface area (Å²) in [7, 11) is 0. The molecule has 2 saturated carbocycles. The van der Waals surface area contributed by atoms with Crippen LogP contribution in [0.5, 0.6) is 0 Å². The summed E-state index contributed by atoms with van der Waals surface area (Å²) in [5.74, 6) is 2.05. The molecule has 0 heterocycles. The minimum Gasteiger partial charge on any atom is -0.314 e. The van der Waals surface area contributed by atoms with E-state index in [1.165, 1.54) is 32.2 Å². The van der Waals surface area contributed by atoms with Crippen LogP contribution in [0.4, 0.5) is 0 Å². The summed E-state index contributed by atoms with van der Waals surface area (Å²) in [5, 5.41) is 3.61. The third kappa shape index (κ3) is 1.34. The zero-order chi connectivity index (χ0) is 6.97. The number of hydrogen-bond donors (Lipinski definition) is 1. The Morgan fingerprint density at radius 2 is 2.10 bits per heavy atom. The van der Waals surface area contributed by atoms with Crippen LogP contribution in [-0.4, -0.2) is 12.6 Å². The summed E-state index contributed by atoms with van der Waals surface area (Å²) in [6.45, 7) is 3.65. The van der Waals surface area contributed by atoms with Crippen molar-refractivity contribution in [3.8, 4) is 0 Å². The van der Waals surface area contributed by atoms with E-state index in [0.717, 1.165) is 17.9 Å². The van der Waals surface area contributed by atoms with Crippen LogP contribution < -0.4 is 5.32 Å². The molecule has 0 saturated heterocycles. The highest BCUT2D eigenvalue weighted by Crippen LogP contribution is 2.37. The molecule has 0 aromatic rings. The lowest BCUT2D eigenvalue weighted by molar-refractivity contribution is 0.334. The van der Waals surface area contributed by atoms with E-state index < -0.39 is 0 Å². The summed E-state index contributed by atoms with van der Waals surface area (Å²) in [5.41, 5.74) is 0. The second kappa shape index (κ2) is 2.54. The highest BCUT2D eigenvalue weighted by molar-refractivity contribution is 4.86. The Labute approximate surface area is 63.2 Å². The Hall–Kier alpha value is -0.0400. The Kier molecular flexibility index (Phi) is 1.69. The lowest BCUT2D eigenvalue weighted by atomic mass is 9.93. The first-order valence-electron chi connectivity index (χ1n) is 4.59. The topological polar surface area (TPSA) is 12.0 Å². The van der Waals surface area contributed by atoms with Crippen molar-refractivity contribution < 1.29 is 0 Å². The van der Waals surface area contributed by atoms with Crippen molar-refractivity contribution >= 4 is 0 Å². The van der Waals surface area contributed by atoms with Gasteiger partial charge in [0.2, 0.25) is 0 Å². The minimum absolute atomic E-state index is 0.896. The standard InChI is InChI=1S/C9H17N/c1-7-5-8(7)6-10-9-3-2-4-9/h7-10H,2-6H2,1H3. The van der Waals surface area contributed by atoms with Crippen molar-refractivity contribution in [3.63, 3.8) is 0 Å². The molecule has 2 unspecified atom stereocenters. The van der Waals surface area contributed by atoms with E-state index >= 15 is 0 Å². The smallest absolute Gasteiger partial charge is 0.00672 e. The number of hydrogen-bond acceptors (Lipinski definition) is 1. The van der Waals surface area contributed by atoms with E-state index in [9.17, 15) is 0 Å². The van der Waals surface area contributed by atoms with Gasteiger partial charge in [-0.25, -0.2) is 0 Å². The summed E-state index contributed by atoms with van der Waals surface area (Å²) < 4.78 is 0. The maximum Gasteiger partial charge on any atom is 0.00672 e. The lowest BCUT2D eigenvalue weighted by Crippen LogP contribution is -2.36. The fraction of sp³-hybridized carbons (Fsp3) is 1.00. The Bertz CT molecular complexity index is 113. The van der Waals surface area contributed by atoms with E-state index in [1.54, 1.807) is 0 Å². The van der Waals surface area contributed by atoms with Gasteiger partial charge in [0.05, 0.1) is 0 Å². The van der Waals surface area contributed by atoms with Gasteiger partial charge < -0.3 is 5.32 Å². The third-order valence-electron chi connectivity index (χ3n) is 3.05. The van der Waals surface area contributed by atoms with Gasteiger partial charge in [0.15, 0.2) is 0 Å². The van der Waals surface area contributed by atoms with Crippen LogP contribution in [0.25, 0.3) is 0 Å². The molecule has 0 spiro atoms. The van der Waals surface area contributed by atoms with Crippen LogP contribution in [0.3, 0.4) is 0 Å². The largest absolute Gasteiger partial charge is 0.314 e. The highest BCUT2D eigenvalue weighted by atomic mass is 14.9. The average Bonchev–Trinajstić information content (AvgIpc) is 2.43. The minimum atomic E-state index is 0.896. The lowest BCUT2D eigenvalue weighted by Gasteiger charge is -2.26. The molecule has 1 heteroatoms. The summed E-state index contributed by atoms with van der Waals surface area (Å²) in [6, 6.07) is 0.896. The van der Waals surface area contributed by atoms with Gasteiger partial charge in [-0.3, -0.25) is 0 Å². The summed E-state index contributed by atoms with van der Waals surface area (Å²) in [4.78, 5) is 0. The van der Waals surface area contributed by atoms with Gasteiger partial charge >= 0.3 is 0 Å². The highest BCUT2D eigenvalue weighted by Gasteiger charge is 2.32. The maximum absolute atomic E-state index is 3.61. The Morgan fingerprint density at radius 1 is 1.40 bits per heavy atom. The average molecular weight is 139 g/mol. The molecule has 0 radical (unpaired) electrons. The Morgan fingerprint density at radius 3 is 2.50 bits per heavy atom. The zero-order valence-electron chi connectivity index (χ0n) is 6.77. The normalized spacial score (nSPS) is 39.3. The van der Waals surface area contributed by atoms with Crippen molar-refractivity contribution in [2.24, 2.45) is 11.8 Å². The molecule has 2 aliphatic carbocycles. The molecule has 1 nitrogen and oxygen atoms in total. The third-order valence-corrected chi connectivity index (χ3v) is 3.05. The quantitative estimate of drug-likeness (QED) is 0.628. The first-order valence-corrected chi connectivity index (χ1v) is 4.59. The maximum atomic E-state index is 3.61. The first-order chi connectivity index (χ1) is 4.86. The molecule has 0 amide bonds. The number of rotatable bonds is 3. The predicted molar refractivity (Wildman–Crippen MR) is 42.9 cm³/mol. The molecular formula is C9H17N. The molecule has 2 rings (SSSR count). The van der Waals surface area contributed by atoms with Crippen LogP contribution in [0.2, 0.25) is 0 Å². The van der Waals surface area contributed by atoms with Gasteiger partial charge in [-0.05, 0) is 37.6 Å². The second-order valence-corrected chi connectivity index (χ2v) is 4.01. The molecule has 2 fully saturated rings. The first kappa shape index (κ1) is 6.66. The fourth-order valence-electron chi connectivity index (χ4n) is 1.61. The van der Waals surface area contributed by atoms with Crippen LogP contribution in [-0.2, 0) is 0 Å². The molecule has 0 aromatic carbocycles. The second-order valence-electron chi connectivity index (χ2n) is 4.01. The molecule has 2 atom stereocenters. The zero-order valence-corrected chi connectivity index (χ0v) is 6.77. The van der Waals surface area contributed by atoms with Gasteiger partial charge in [0, 0.05) is 6.04 Å². The monoisotopic (exact) mass is 139 g/mol. The van der Waals surface area contributed by atoms with Crippen LogP contribution in [0.1, 0.15) is 32.6 Å². The predicted octanol–water partition coefficient (Wildman–Crippen LogP) is 1.78. The molecule has 0 aliphatic heterocycles. The van der Waals surface area contributed by atoms with Crippen molar-refractivity contribution in [1.82, 2.24) is 5.32 Å². The number of nitrogens with one attached hydrogen (secondary N) is 1. The molecule has 0 bridgehead atoms. The van der Waals surface area contributed by atoms with Crippen LogP contribution in [0, 0.1) is 11.8 Å². The van der Waals surface area contributed by atoms with E-state index in [-0.39, 0.29) is 0 Å². The SMILES string of the molecule is CC1CC1CNC1CCC1. The summed E-state index contributed by atoms with van der Waals surface area (Å²) >= 11 is 0. The van der Waals surface area contributed by atoms with Crippen molar-refractivity contribution in [1.29, 1.82) is 0 Å². The molecule has 2 aliphatic rings. The van der Waals surface area contributed by atoms with Gasteiger partial charge in [-0.2, -0.15) is 0 Å². The van der Waals surface area contributed by atoms with E-state index in [4.69, 9.17) is 0 Å². The molecule has 10 heavy (non-hydrogen) atoms. The van der Waals surface area contributed by atoms with Gasteiger partial charge in [0.1, 0.15) is 0 Å². The van der Waals surface area contributed by atoms with E-state index in [2.05, 4.69) is 12.2 Å². The van der Waals surface area contributed by atoms with Gasteiger partial charge in [0.25, 0.3) is 0 Å². The molecule has 1 N–H and O–H groups in total. The Balaban J connectivity index is 1.55. The van der Waals surface area contributed by atoms with Gasteiger partial charge in [-0.1, -0.05) is 13.3 Å². The molecular weight excluding hydrogens is 122 g/mol. The van der Waals surface area contributed by atoms with Crippen molar-refractivity contribution in [3.05, 3.63) is 0 Å². The van der Waals surface area contributed by atoms with Gasteiger partial charge in [-0.15, -0.1) is 0 Å². The summed E-state index contributed by atoms with van der Waals surface area (Å²) in [6.07, 6.45) is 5.79. The van der Waals surface area contributed by atoms with Crippen molar-refractivity contribution in [2.75, 3.05) is 6.54 Å². The van der Waals surface area contributed by atoms with E-state index in [1.807, 2.05) is 0 Å². The fourth-order valence-corrected chi connectivity index (χ4v) is 1.61. The van der Waals surface area contributed by atoms with Crippen molar-refractivity contribution in [2.45, 2.75) is 38.6 Å². The molecule has 58 valence electrons.